The van der Waals surface area contributed by atoms with Crippen LogP contribution in [0.5, 0.6) is 0 Å². The van der Waals surface area contributed by atoms with Crippen LogP contribution in [0.1, 0.15) is 26.5 Å². The molecule has 0 aliphatic rings. The molecule has 0 atom stereocenters. The minimum atomic E-state index is 0.866. The van der Waals surface area contributed by atoms with E-state index in [1.807, 2.05) is 11.7 Å². The van der Waals surface area contributed by atoms with Gasteiger partial charge in [-0.05, 0) is 20.3 Å². The average molecular weight is 193 g/mol. The molecule has 0 spiro atoms. The Morgan fingerprint density at radius 2 is 2.29 bits per heavy atom. The van der Waals surface area contributed by atoms with Crippen LogP contribution in [-0.2, 0) is 13.5 Å². The molecule has 3 heteroatoms. The molecule has 0 radical (unpaired) electrons. The first-order valence-electron chi connectivity index (χ1n) is 5.03. The second kappa shape index (κ2) is 4.84. The number of allylic oxidation sites excluding steroid dienone is 1. The summed E-state index contributed by atoms with van der Waals surface area (Å²) in [6.07, 6.45) is 3.15. The van der Waals surface area contributed by atoms with E-state index in [1.54, 1.807) is 0 Å². The van der Waals surface area contributed by atoms with Crippen LogP contribution >= 0.6 is 0 Å². The first-order chi connectivity index (χ1) is 6.63. The second-order valence-electron chi connectivity index (χ2n) is 3.66. The third-order valence-corrected chi connectivity index (χ3v) is 2.09. The third-order valence-electron chi connectivity index (χ3n) is 2.09. The highest BCUT2D eigenvalue weighted by molar-refractivity contribution is 5.37. The van der Waals surface area contributed by atoms with Gasteiger partial charge in [-0.2, -0.15) is 5.10 Å². The Hall–Kier alpha value is -1.25. The standard InChI is InChI=1S/C11H19N3/c1-5-10-8-11(14(4)13-10)12-7-6-9(2)3/h6,8,12H,5,7H2,1-4H3. The van der Waals surface area contributed by atoms with E-state index in [0.29, 0.717) is 0 Å². The zero-order chi connectivity index (χ0) is 10.6. The monoisotopic (exact) mass is 193 g/mol. The van der Waals surface area contributed by atoms with Crippen molar-refractivity contribution in [3.63, 3.8) is 0 Å². The normalized spacial score (nSPS) is 10.0. The fraction of sp³-hybridized carbons (Fsp3) is 0.545. The summed E-state index contributed by atoms with van der Waals surface area (Å²) < 4.78 is 1.89. The maximum absolute atomic E-state index is 4.36. The predicted octanol–water partition coefficient (Wildman–Crippen LogP) is 2.36. The number of rotatable bonds is 4. The summed E-state index contributed by atoms with van der Waals surface area (Å²) in [4.78, 5) is 0. The summed E-state index contributed by atoms with van der Waals surface area (Å²) in [5.41, 5.74) is 2.46. The lowest BCUT2D eigenvalue weighted by atomic mass is 10.3. The molecule has 0 aliphatic carbocycles. The molecule has 1 aromatic heterocycles. The van der Waals surface area contributed by atoms with Gasteiger partial charge in [-0.1, -0.05) is 18.6 Å². The van der Waals surface area contributed by atoms with Crippen LogP contribution in [0.2, 0.25) is 0 Å². The van der Waals surface area contributed by atoms with Gasteiger partial charge < -0.3 is 5.32 Å². The van der Waals surface area contributed by atoms with Crippen molar-refractivity contribution in [1.29, 1.82) is 0 Å². The molecule has 1 aromatic rings. The van der Waals surface area contributed by atoms with Crippen LogP contribution in [-0.4, -0.2) is 16.3 Å². The predicted molar refractivity (Wildman–Crippen MR) is 60.5 cm³/mol. The number of hydrogen-bond acceptors (Lipinski definition) is 2. The molecule has 14 heavy (non-hydrogen) atoms. The molecule has 1 N–H and O–H groups in total. The van der Waals surface area contributed by atoms with Gasteiger partial charge >= 0.3 is 0 Å². The van der Waals surface area contributed by atoms with Gasteiger partial charge in [0.2, 0.25) is 0 Å². The summed E-state index contributed by atoms with van der Waals surface area (Å²) in [7, 11) is 1.96. The molecule has 0 saturated carbocycles. The Bertz CT molecular complexity index is 319. The van der Waals surface area contributed by atoms with Crippen molar-refractivity contribution in [2.24, 2.45) is 7.05 Å². The minimum Gasteiger partial charge on any atom is -0.367 e. The van der Waals surface area contributed by atoms with E-state index in [0.717, 1.165) is 24.5 Å². The smallest absolute Gasteiger partial charge is 0.124 e. The van der Waals surface area contributed by atoms with Crippen LogP contribution in [0.15, 0.2) is 17.7 Å². The second-order valence-corrected chi connectivity index (χ2v) is 3.66. The van der Waals surface area contributed by atoms with E-state index in [1.165, 1.54) is 5.57 Å². The van der Waals surface area contributed by atoms with Gasteiger partial charge in [0.25, 0.3) is 0 Å². The summed E-state index contributed by atoms with van der Waals surface area (Å²) in [6.45, 7) is 7.18. The lowest BCUT2D eigenvalue weighted by molar-refractivity contribution is 0.750. The maximum atomic E-state index is 4.36. The Balaban J connectivity index is 2.58. The highest BCUT2D eigenvalue weighted by Crippen LogP contribution is 2.09. The molecule has 0 amide bonds. The largest absolute Gasteiger partial charge is 0.367 e. The number of nitrogens with one attached hydrogen (secondary N) is 1. The molecule has 0 fully saturated rings. The van der Waals surface area contributed by atoms with Crippen molar-refractivity contribution in [3.05, 3.63) is 23.4 Å². The summed E-state index contributed by atoms with van der Waals surface area (Å²) in [5.74, 6) is 1.08. The molecular weight excluding hydrogens is 174 g/mol. The molecule has 0 unspecified atom stereocenters. The summed E-state index contributed by atoms with van der Waals surface area (Å²) in [6, 6.07) is 2.10. The molecule has 0 saturated heterocycles. The van der Waals surface area contributed by atoms with E-state index in [9.17, 15) is 0 Å². The maximum Gasteiger partial charge on any atom is 0.124 e. The Morgan fingerprint density at radius 1 is 1.57 bits per heavy atom. The molecule has 3 nitrogen and oxygen atoms in total. The van der Waals surface area contributed by atoms with E-state index in [-0.39, 0.29) is 0 Å². The van der Waals surface area contributed by atoms with Crippen LogP contribution in [0, 0.1) is 0 Å². The first-order valence-corrected chi connectivity index (χ1v) is 5.03. The number of aryl methyl sites for hydroxylation is 2. The average Bonchev–Trinajstić information content (AvgIpc) is 2.47. The van der Waals surface area contributed by atoms with Gasteiger partial charge in [0.1, 0.15) is 5.82 Å². The highest BCUT2D eigenvalue weighted by Gasteiger charge is 2.00. The van der Waals surface area contributed by atoms with Gasteiger partial charge in [-0.15, -0.1) is 0 Å². The Morgan fingerprint density at radius 3 is 2.79 bits per heavy atom. The number of anilines is 1. The van der Waals surface area contributed by atoms with Gasteiger partial charge in [0, 0.05) is 19.7 Å². The number of hydrogen-bond donors (Lipinski definition) is 1. The Kier molecular flexibility index (Phi) is 3.74. The zero-order valence-corrected chi connectivity index (χ0v) is 9.46. The van der Waals surface area contributed by atoms with E-state index in [2.05, 4.69) is 43.3 Å². The Labute approximate surface area is 85.8 Å². The number of nitrogens with zero attached hydrogens (tertiary/aromatic N) is 2. The lowest BCUT2D eigenvalue weighted by Gasteiger charge is -2.02. The quantitative estimate of drug-likeness (QED) is 0.744. The highest BCUT2D eigenvalue weighted by atomic mass is 15.3. The van der Waals surface area contributed by atoms with E-state index < -0.39 is 0 Å². The van der Waals surface area contributed by atoms with Crippen molar-refractivity contribution < 1.29 is 0 Å². The van der Waals surface area contributed by atoms with Crippen LogP contribution in [0.25, 0.3) is 0 Å². The zero-order valence-electron chi connectivity index (χ0n) is 9.46. The van der Waals surface area contributed by atoms with Crippen molar-refractivity contribution >= 4 is 5.82 Å². The molecule has 0 aliphatic heterocycles. The van der Waals surface area contributed by atoms with Crippen molar-refractivity contribution in [2.75, 3.05) is 11.9 Å². The topological polar surface area (TPSA) is 29.9 Å². The van der Waals surface area contributed by atoms with E-state index in [4.69, 9.17) is 0 Å². The minimum absolute atomic E-state index is 0.866. The first kappa shape index (κ1) is 10.8. The molecule has 0 aromatic carbocycles. The molecule has 1 rings (SSSR count). The fourth-order valence-corrected chi connectivity index (χ4v) is 1.22. The van der Waals surface area contributed by atoms with Gasteiger partial charge in [-0.25, -0.2) is 0 Å². The van der Waals surface area contributed by atoms with Crippen molar-refractivity contribution in [3.8, 4) is 0 Å². The SMILES string of the molecule is CCc1cc(NCC=C(C)C)n(C)n1. The van der Waals surface area contributed by atoms with Crippen molar-refractivity contribution in [2.45, 2.75) is 27.2 Å². The van der Waals surface area contributed by atoms with Crippen LogP contribution in [0.4, 0.5) is 5.82 Å². The number of aromatic nitrogens is 2. The van der Waals surface area contributed by atoms with Gasteiger partial charge in [0.15, 0.2) is 0 Å². The van der Waals surface area contributed by atoms with E-state index >= 15 is 0 Å². The van der Waals surface area contributed by atoms with Gasteiger partial charge in [-0.3, -0.25) is 4.68 Å². The van der Waals surface area contributed by atoms with Crippen molar-refractivity contribution in [1.82, 2.24) is 9.78 Å². The lowest BCUT2D eigenvalue weighted by Crippen LogP contribution is -2.04. The van der Waals surface area contributed by atoms with Gasteiger partial charge in [0.05, 0.1) is 5.69 Å². The molecule has 1 heterocycles. The van der Waals surface area contributed by atoms with Crippen LogP contribution < -0.4 is 5.32 Å². The summed E-state index contributed by atoms with van der Waals surface area (Å²) >= 11 is 0. The molecular formula is C11H19N3. The third kappa shape index (κ3) is 2.91. The summed E-state index contributed by atoms with van der Waals surface area (Å²) in [5, 5.41) is 7.68. The van der Waals surface area contributed by atoms with Crippen LogP contribution in [0.3, 0.4) is 0 Å². The fourth-order valence-electron chi connectivity index (χ4n) is 1.22. The molecule has 0 bridgehead atoms. The molecule has 78 valence electrons.